The van der Waals surface area contributed by atoms with Crippen molar-refractivity contribution in [3.63, 3.8) is 0 Å². The van der Waals surface area contributed by atoms with Crippen LogP contribution < -0.4 is 0 Å². The summed E-state index contributed by atoms with van der Waals surface area (Å²) >= 11 is 3.86. The number of fused-ring (bicyclic) bond motifs is 6. The van der Waals surface area contributed by atoms with Gasteiger partial charge in [-0.05, 0) is 48.1 Å². The zero-order valence-electron chi connectivity index (χ0n) is 10.8. The molecule has 0 unspecified atom stereocenters. The van der Waals surface area contributed by atoms with E-state index < -0.39 is 0 Å². The van der Waals surface area contributed by atoms with Crippen molar-refractivity contribution >= 4 is 59.0 Å². The summed E-state index contributed by atoms with van der Waals surface area (Å²) in [6.45, 7) is 0. The van der Waals surface area contributed by atoms with Crippen molar-refractivity contribution in [3.05, 3.63) is 52.9 Å². The summed E-state index contributed by atoms with van der Waals surface area (Å²) in [6, 6.07) is 13.6. The average Bonchev–Trinajstić information content (AvgIpc) is 3.02. The van der Waals surface area contributed by atoms with E-state index >= 15 is 0 Å². The molecule has 2 heteroatoms. The van der Waals surface area contributed by atoms with Gasteiger partial charge in [-0.15, -0.1) is 22.7 Å². The largest absolute Gasteiger partial charge is 0.136 e. The first-order valence-electron chi connectivity index (χ1n) is 6.93. The van der Waals surface area contributed by atoms with Crippen molar-refractivity contribution in [2.24, 2.45) is 0 Å². The van der Waals surface area contributed by atoms with Gasteiger partial charge in [0.2, 0.25) is 0 Å². The Balaban J connectivity index is 1.96. The molecular weight excluding hydrogens is 280 g/mol. The zero-order chi connectivity index (χ0) is 13.1. The standard InChI is InChI=1S/C18H12S2/c1-3-7-15-11(5-1)13-9-18-14(10-17(13)19-15)12-6-2-4-8-16(12)20-18/h1,3-5,7-10H,2,6H2. The van der Waals surface area contributed by atoms with Crippen LogP contribution in [-0.4, -0.2) is 0 Å². The maximum atomic E-state index is 2.42. The second-order valence-electron chi connectivity index (χ2n) is 5.33. The molecule has 0 fully saturated rings. The minimum Gasteiger partial charge on any atom is -0.136 e. The predicted octanol–water partition coefficient (Wildman–Crippen LogP) is 6.23. The third-order valence-electron chi connectivity index (χ3n) is 4.15. The van der Waals surface area contributed by atoms with Crippen LogP contribution in [0.1, 0.15) is 16.9 Å². The van der Waals surface area contributed by atoms with E-state index in [0.717, 1.165) is 0 Å². The van der Waals surface area contributed by atoms with Crippen LogP contribution in [0.4, 0.5) is 0 Å². The molecule has 0 aliphatic heterocycles. The van der Waals surface area contributed by atoms with Gasteiger partial charge in [-0.2, -0.15) is 0 Å². The van der Waals surface area contributed by atoms with Gasteiger partial charge >= 0.3 is 0 Å². The number of benzene rings is 2. The van der Waals surface area contributed by atoms with Crippen LogP contribution in [0.3, 0.4) is 0 Å². The minimum atomic E-state index is 1.18. The first-order valence-corrected chi connectivity index (χ1v) is 8.57. The van der Waals surface area contributed by atoms with Gasteiger partial charge in [0, 0.05) is 29.7 Å². The van der Waals surface area contributed by atoms with Crippen molar-refractivity contribution in [2.75, 3.05) is 0 Å². The fraction of sp³-hybridized carbons (Fsp3) is 0.111. The fourth-order valence-corrected chi connectivity index (χ4v) is 5.53. The van der Waals surface area contributed by atoms with Crippen molar-refractivity contribution in [2.45, 2.75) is 12.8 Å². The smallest absolute Gasteiger partial charge is 0.0362 e. The van der Waals surface area contributed by atoms with Crippen LogP contribution in [0.25, 0.3) is 36.3 Å². The third-order valence-corrected chi connectivity index (χ3v) is 6.45. The molecule has 0 amide bonds. The van der Waals surface area contributed by atoms with E-state index in [1.54, 1.807) is 5.56 Å². The van der Waals surface area contributed by atoms with E-state index in [1.165, 1.54) is 48.0 Å². The maximum Gasteiger partial charge on any atom is 0.0362 e. The van der Waals surface area contributed by atoms with Crippen LogP contribution in [0.15, 0.2) is 42.5 Å². The van der Waals surface area contributed by atoms with Crippen LogP contribution in [-0.2, 0) is 6.42 Å². The minimum absolute atomic E-state index is 1.18. The lowest BCUT2D eigenvalue weighted by Crippen LogP contribution is -1.88. The van der Waals surface area contributed by atoms with Gasteiger partial charge in [-0.1, -0.05) is 24.3 Å². The van der Waals surface area contributed by atoms with E-state index in [1.807, 2.05) is 22.7 Å². The van der Waals surface area contributed by atoms with E-state index in [2.05, 4.69) is 48.6 Å². The van der Waals surface area contributed by atoms with Gasteiger partial charge in [-0.25, -0.2) is 0 Å². The Morgan fingerprint density at radius 2 is 1.65 bits per heavy atom. The molecule has 1 aliphatic rings. The Bertz CT molecular complexity index is 998. The normalized spacial score (nSPS) is 14.4. The summed E-state index contributed by atoms with van der Waals surface area (Å²) in [5, 5.41) is 4.30. The lowest BCUT2D eigenvalue weighted by molar-refractivity contribution is 1.01. The molecular formula is C18H12S2. The SMILES string of the molecule is C1=Cc2sc3cc4c(cc3c2CC1)sc1ccccc14. The molecule has 2 heterocycles. The van der Waals surface area contributed by atoms with E-state index in [0.29, 0.717) is 0 Å². The van der Waals surface area contributed by atoms with E-state index in [4.69, 9.17) is 0 Å². The van der Waals surface area contributed by atoms with E-state index in [-0.39, 0.29) is 0 Å². The van der Waals surface area contributed by atoms with Gasteiger partial charge < -0.3 is 0 Å². The number of aryl methyl sites for hydroxylation is 1. The highest BCUT2D eigenvalue weighted by Crippen LogP contribution is 2.42. The molecule has 0 saturated heterocycles. The molecule has 0 N–H and O–H groups in total. The van der Waals surface area contributed by atoms with Crippen molar-refractivity contribution in [1.29, 1.82) is 0 Å². The molecule has 96 valence electrons. The van der Waals surface area contributed by atoms with Gasteiger partial charge in [0.05, 0.1) is 0 Å². The average molecular weight is 292 g/mol. The molecule has 1 aliphatic carbocycles. The molecule has 2 aromatic heterocycles. The Kier molecular flexibility index (Phi) is 2.18. The molecule has 0 saturated carbocycles. The Morgan fingerprint density at radius 1 is 0.800 bits per heavy atom. The van der Waals surface area contributed by atoms with Crippen molar-refractivity contribution < 1.29 is 0 Å². The van der Waals surface area contributed by atoms with Gasteiger partial charge in [-0.3, -0.25) is 0 Å². The predicted molar refractivity (Wildman–Crippen MR) is 92.1 cm³/mol. The molecule has 20 heavy (non-hydrogen) atoms. The highest BCUT2D eigenvalue weighted by Gasteiger charge is 2.14. The Labute approximate surface area is 125 Å². The summed E-state index contributed by atoms with van der Waals surface area (Å²) < 4.78 is 4.26. The number of hydrogen-bond acceptors (Lipinski definition) is 2. The number of rotatable bonds is 0. The summed E-state index contributed by atoms with van der Waals surface area (Å²) in [7, 11) is 0. The summed E-state index contributed by atoms with van der Waals surface area (Å²) in [5.41, 5.74) is 1.56. The summed E-state index contributed by atoms with van der Waals surface area (Å²) in [4.78, 5) is 1.47. The first kappa shape index (κ1) is 11.1. The lowest BCUT2D eigenvalue weighted by Gasteiger charge is -2.04. The summed E-state index contributed by atoms with van der Waals surface area (Å²) in [5.74, 6) is 0. The van der Waals surface area contributed by atoms with Gasteiger partial charge in [0.25, 0.3) is 0 Å². The monoisotopic (exact) mass is 292 g/mol. The molecule has 0 nitrogen and oxygen atoms in total. The molecule has 0 spiro atoms. The molecule has 0 bridgehead atoms. The van der Waals surface area contributed by atoms with Crippen LogP contribution in [0.5, 0.6) is 0 Å². The number of allylic oxidation sites excluding steroid dienone is 1. The second-order valence-corrected chi connectivity index (χ2v) is 7.50. The molecule has 4 aromatic rings. The number of hydrogen-bond donors (Lipinski definition) is 0. The van der Waals surface area contributed by atoms with Crippen LogP contribution >= 0.6 is 22.7 Å². The third kappa shape index (κ3) is 1.41. The molecule has 0 radical (unpaired) electrons. The zero-order valence-corrected chi connectivity index (χ0v) is 12.5. The van der Waals surface area contributed by atoms with Gasteiger partial charge in [0.1, 0.15) is 0 Å². The first-order chi connectivity index (χ1) is 9.90. The molecule has 0 atom stereocenters. The topological polar surface area (TPSA) is 0 Å². The molecule has 2 aromatic carbocycles. The Morgan fingerprint density at radius 3 is 2.65 bits per heavy atom. The maximum absolute atomic E-state index is 2.42. The highest BCUT2D eigenvalue weighted by molar-refractivity contribution is 7.26. The van der Waals surface area contributed by atoms with Crippen molar-refractivity contribution in [3.8, 4) is 0 Å². The lowest BCUT2D eigenvalue weighted by atomic mass is 10.0. The summed E-state index contributed by atoms with van der Waals surface area (Å²) in [6.07, 6.45) is 6.98. The molecule has 5 rings (SSSR count). The highest BCUT2D eigenvalue weighted by atomic mass is 32.1. The van der Waals surface area contributed by atoms with Gasteiger partial charge in [0.15, 0.2) is 0 Å². The van der Waals surface area contributed by atoms with Crippen LogP contribution in [0, 0.1) is 0 Å². The van der Waals surface area contributed by atoms with Crippen LogP contribution in [0.2, 0.25) is 0 Å². The Hall–Kier alpha value is -1.64. The van der Waals surface area contributed by atoms with Crippen molar-refractivity contribution in [1.82, 2.24) is 0 Å². The fourth-order valence-electron chi connectivity index (χ4n) is 3.20. The quantitative estimate of drug-likeness (QED) is 0.360. The number of thiophene rings is 2. The van der Waals surface area contributed by atoms with E-state index in [9.17, 15) is 0 Å². The second kappa shape index (κ2) is 3.94.